The van der Waals surface area contributed by atoms with Crippen molar-refractivity contribution in [1.82, 2.24) is 0 Å². The summed E-state index contributed by atoms with van der Waals surface area (Å²) in [4.78, 5) is 23.5. The van der Waals surface area contributed by atoms with E-state index in [1.807, 2.05) is 19.9 Å². The lowest BCUT2D eigenvalue weighted by molar-refractivity contribution is -0.153. The first-order valence-electron chi connectivity index (χ1n) is 6.93. The van der Waals surface area contributed by atoms with E-state index in [0.29, 0.717) is 23.6 Å². The van der Waals surface area contributed by atoms with E-state index < -0.39 is 12.0 Å². The van der Waals surface area contributed by atoms with Crippen molar-refractivity contribution in [3.8, 4) is 6.07 Å². The second-order valence-corrected chi connectivity index (χ2v) is 5.25. The molecule has 0 bridgehead atoms. The molecule has 0 fully saturated rings. The van der Waals surface area contributed by atoms with Crippen molar-refractivity contribution in [2.24, 2.45) is 5.92 Å². The number of nitriles is 1. The molecule has 1 aromatic carbocycles. The van der Waals surface area contributed by atoms with Crippen LogP contribution in [-0.4, -0.2) is 18.0 Å². The second kappa shape index (κ2) is 8.05. The van der Waals surface area contributed by atoms with Crippen molar-refractivity contribution in [1.29, 1.82) is 5.26 Å². The lowest BCUT2D eigenvalue weighted by atomic mass is 10.1. The van der Waals surface area contributed by atoms with Crippen LogP contribution in [0.15, 0.2) is 24.3 Å². The first-order valence-corrected chi connectivity index (χ1v) is 6.93. The zero-order chi connectivity index (χ0) is 15.8. The molecule has 1 aromatic rings. The van der Waals surface area contributed by atoms with Crippen LogP contribution in [0.1, 0.15) is 39.2 Å². The smallest absolute Gasteiger partial charge is 0.306 e. The number of esters is 1. The van der Waals surface area contributed by atoms with Gasteiger partial charge in [-0.15, -0.1) is 0 Å². The minimum atomic E-state index is -0.865. The van der Waals surface area contributed by atoms with Crippen LogP contribution in [0.25, 0.3) is 0 Å². The molecule has 0 saturated heterocycles. The number of hydrogen-bond donors (Lipinski definition) is 1. The largest absolute Gasteiger partial charge is 0.453 e. The Bertz CT molecular complexity index is 547. The minimum absolute atomic E-state index is 0.305. The number of benzene rings is 1. The molecule has 112 valence electrons. The SMILES string of the molecule is CC(C)CCC(=O)O[C@H](C)C(=O)Nc1cccc(C#N)c1. The molecule has 0 heterocycles. The molecular formula is C16H20N2O3. The third kappa shape index (κ3) is 6.09. The number of ether oxygens (including phenoxy) is 1. The van der Waals surface area contributed by atoms with Gasteiger partial charge in [0.1, 0.15) is 0 Å². The van der Waals surface area contributed by atoms with Gasteiger partial charge in [-0.25, -0.2) is 0 Å². The Morgan fingerprint density at radius 3 is 2.67 bits per heavy atom. The predicted molar refractivity (Wildman–Crippen MR) is 79.4 cm³/mol. The first-order chi connectivity index (χ1) is 9.92. The summed E-state index contributed by atoms with van der Waals surface area (Å²) in [6.07, 6.45) is 0.173. The molecule has 0 aliphatic carbocycles. The molecule has 5 heteroatoms. The molecule has 5 nitrogen and oxygen atoms in total. The second-order valence-electron chi connectivity index (χ2n) is 5.25. The van der Waals surface area contributed by atoms with Gasteiger partial charge in [-0.3, -0.25) is 9.59 Å². The molecule has 1 N–H and O–H groups in total. The number of carbonyl (C=O) groups is 2. The highest BCUT2D eigenvalue weighted by molar-refractivity contribution is 5.95. The van der Waals surface area contributed by atoms with Gasteiger partial charge >= 0.3 is 5.97 Å². The Morgan fingerprint density at radius 2 is 2.05 bits per heavy atom. The fraction of sp³-hybridized carbons (Fsp3) is 0.438. The molecule has 0 spiro atoms. The molecule has 0 aliphatic heterocycles. The maximum Gasteiger partial charge on any atom is 0.306 e. The highest BCUT2D eigenvalue weighted by Gasteiger charge is 2.18. The van der Waals surface area contributed by atoms with E-state index in [4.69, 9.17) is 10.00 Å². The van der Waals surface area contributed by atoms with Crippen LogP contribution in [-0.2, 0) is 14.3 Å². The number of carbonyl (C=O) groups excluding carboxylic acids is 2. The van der Waals surface area contributed by atoms with E-state index in [-0.39, 0.29) is 5.97 Å². The highest BCUT2D eigenvalue weighted by Crippen LogP contribution is 2.11. The number of amides is 1. The number of rotatable bonds is 6. The average Bonchev–Trinajstić information content (AvgIpc) is 2.45. The molecule has 0 saturated carbocycles. The van der Waals surface area contributed by atoms with Crippen molar-refractivity contribution >= 4 is 17.6 Å². The maximum atomic E-state index is 11.9. The molecule has 1 rings (SSSR count). The molecule has 0 aromatic heterocycles. The maximum absolute atomic E-state index is 11.9. The fourth-order valence-corrected chi connectivity index (χ4v) is 1.63. The first kappa shape index (κ1) is 16.7. The van der Waals surface area contributed by atoms with E-state index in [1.165, 1.54) is 6.92 Å². The summed E-state index contributed by atoms with van der Waals surface area (Å²) in [5.41, 5.74) is 0.957. The third-order valence-corrected chi connectivity index (χ3v) is 2.86. The van der Waals surface area contributed by atoms with E-state index in [2.05, 4.69) is 5.32 Å². The number of hydrogen-bond acceptors (Lipinski definition) is 4. The Morgan fingerprint density at radius 1 is 1.33 bits per heavy atom. The molecule has 0 radical (unpaired) electrons. The summed E-state index contributed by atoms with van der Waals surface area (Å²) in [5.74, 6) is -0.379. The molecule has 21 heavy (non-hydrogen) atoms. The van der Waals surface area contributed by atoms with Gasteiger partial charge in [-0.2, -0.15) is 5.26 Å². The zero-order valence-electron chi connectivity index (χ0n) is 12.6. The van der Waals surface area contributed by atoms with Crippen molar-refractivity contribution in [3.05, 3.63) is 29.8 Å². The third-order valence-electron chi connectivity index (χ3n) is 2.86. The molecule has 0 aliphatic rings. The summed E-state index contributed by atoms with van der Waals surface area (Å²) in [6.45, 7) is 5.56. The van der Waals surface area contributed by atoms with Crippen LogP contribution in [0, 0.1) is 17.2 Å². The van der Waals surface area contributed by atoms with E-state index >= 15 is 0 Å². The monoisotopic (exact) mass is 288 g/mol. The van der Waals surface area contributed by atoms with Gasteiger partial charge in [0.05, 0.1) is 11.6 Å². The van der Waals surface area contributed by atoms with Gasteiger partial charge in [0.25, 0.3) is 5.91 Å². The number of anilines is 1. The van der Waals surface area contributed by atoms with Crippen LogP contribution in [0.4, 0.5) is 5.69 Å². The topological polar surface area (TPSA) is 79.2 Å². The van der Waals surface area contributed by atoms with Crippen molar-refractivity contribution in [2.75, 3.05) is 5.32 Å². The van der Waals surface area contributed by atoms with E-state index in [1.54, 1.807) is 24.3 Å². The van der Waals surface area contributed by atoms with Gasteiger partial charge in [-0.05, 0) is 37.5 Å². The number of nitrogens with zero attached hydrogens (tertiary/aromatic N) is 1. The summed E-state index contributed by atoms with van der Waals surface area (Å²) < 4.78 is 5.08. The van der Waals surface area contributed by atoms with Crippen LogP contribution in [0.5, 0.6) is 0 Å². The van der Waals surface area contributed by atoms with E-state index in [9.17, 15) is 9.59 Å². The van der Waals surface area contributed by atoms with Crippen molar-refractivity contribution in [3.63, 3.8) is 0 Å². The van der Waals surface area contributed by atoms with Gasteiger partial charge in [0, 0.05) is 12.1 Å². The van der Waals surface area contributed by atoms with Crippen LogP contribution in [0.2, 0.25) is 0 Å². The zero-order valence-corrected chi connectivity index (χ0v) is 12.6. The highest BCUT2D eigenvalue weighted by atomic mass is 16.5. The standard InChI is InChI=1S/C16H20N2O3/c1-11(2)7-8-15(19)21-12(3)16(20)18-14-6-4-5-13(9-14)10-17/h4-6,9,11-12H,7-8H2,1-3H3,(H,18,20)/t12-/m1/s1. The summed E-state index contributed by atoms with van der Waals surface area (Å²) in [5, 5.41) is 11.4. The number of nitrogens with one attached hydrogen (secondary N) is 1. The molecule has 0 unspecified atom stereocenters. The summed E-state index contributed by atoms with van der Waals surface area (Å²) in [7, 11) is 0. The van der Waals surface area contributed by atoms with E-state index in [0.717, 1.165) is 6.42 Å². The molecular weight excluding hydrogens is 268 g/mol. The normalized spacial score (nSPS) is 11.6. The Labute approximate surface area is 124 Å². The van der Waals surface area contributed by atoms with Crippen LogP contribution < -0.4 is 5.32 Å². The van der Waals surface area contributed by atoms with Gasteiger partial charge in [0.2, 0.25) is 0 Å². The van der Waals surface area contributed by atoms with Crippen molar-refractivity contribution < 1.29 is 14.3 Å². The summed E-state index contributed by atoms with van der Waals surface area (Å²) >= 11 is 0. The Balaban J connectivity index is 2.51. The Hall–Kier alpha value is -2.35. The fourth-order valence-electron chi connectivity index (χ4n) is 1.63. The quantitative estimate of drug-likeness (QED) is 0.816. The predicted octanol–water partition coefficient (Wildman–Crippen LogP) is 2.86. The van der Waals surface area contributed by atoms with Gasteiger partial charge in [-0.1, -0.05) is 19.9 Å². The molecule has 1 amide bonds. The average molecular weight is 288 g/mol. The van der Waals surface area contributed by atoms with Crippen LogP contribution >= 0.6 is 0 Å². The molecule has 1 atom stereocenters. The van der Waals surface area contributed by atoms with Crippen molar-refractivity contribution in [2.45, 2.75) is 39.7 Å². The van der Waals surface area contributed by atoms with Crippen LogP contribution in [0.3, 0.4) is 0 Å². The van der Waals surface area contributed by atoms with Gasteiger partial charge < -0.3 is 10.1 Å². The Kier molecular flexibility index (Phi) is 6.41. The minimum Gasteiger partial charge on any atom is -0.453 e. The lowest BCUT2D eigenvalue weighted by Gasteiger charge is -2.14. The van der Waals surface area contributed by atoms with Gasteiger partial charge in [0.15, 0.2) is 6.10 Å². The lowest BCUT2D eigenvalue weighted by Crippen LogP contribution is -2.30. The summed E-state index contributed by atoms with van der Waals surface area (Å²) in [6, 6.07) is 8.54.